The van der Waals surface area contributed by atoms with Crippen LogP contribution in [0.25, 0.3) is 0 Å². The van der Waals surface area contributed by atoms with Crippen molar-refractivity contribution in [2.45, 2.75) is 6.42 Å². The van der Waals surface area contributed by atoms with Crippen molar-refractivity contribution in [1.29, 1.82) is 0 Å². The maximum atomic E-state index is 12.2. The largest absolute Gasteiger partial charge is 0.385 e. The summed E-state index contributed by atoms with van der Waals surface area (Å²) in [5.41, 5.74) is 2.48. The number of nitrogens with zero attached hydrogens (tertiary/aromatic N) is 4. The summed E-state index contributed by atoms with van der Waals surface area (Å²) < 4.78 is 4.97. The Labute approximate surface area is 165 Å². The highest BCUT2D eigenvalue weighted by molar-refractivity contribution is 5.92. The topological polar surface area (TPSA) is 82.6 Å². The summed E-state index contributed by atoms with van der Waals surface area (Å²) >= 11 is 0. The second-order valence-electron chi connectivity index (χ2n) is 6.85. The van der Waals surface area contributed by atoms with Gasteiger partial charge in [-0.25, -0.2) is 9.97 Å². The van der Waals surface area contributed by atoms with Crippen LogP contribution in [-0.4, -0.2) is 74.3 Å². The number of ether oxygens (including phenoxy) is 1. The van der Waals surface area contributed by atoms with E-state index in [0.717, 1.165) is 38.3 Å². The Hall–Kier alpha value is -2.71. The molecule has 1 aliphatic rings. The van der Waals surface area contributed by atoms with Crippen molar-refractivity contribution in [3.05, 3.63) is 42.4 Å². The number of rotatable bonds is 8. The van der Waals surface area contributed by atoms with Gasteiger partial charge in [0.2, 0.25) is 0 Å². The monoisotopic (exact) mass is 384 g/mol. The fourth-order valence-electron chi connectivity index (χ4n) is 3.03. The fraction of sp³-hybridized carbons (Fsp3) is 0.450. The van der Waals surface area contributed by atoms with E-state index in [1.807, 2.05) is 12.1 Å². The maximum Gasteiger partial charge on any atom is 0.270 e. The van der Waals surface area contributed by atoms with E-state index in [0.29, 0.717) is 24.7 Å². The van der Waals surface area contributed by atoms with Gasteiger partial charge in [-0.2, -0.15) is 0 Å². The molecule has 0 unspecified atom stereocenters. The normalized spacial score (nSPS) is 14.7. The lowest BCUT2D eigenvalue weighted by atomic mass is 10.2. The molecule has 0 atom stereocenters. The molecule has 2 heterocycles. The Morgan fingerprint density at radius 2 is 1.89 bits per heavy atom. The van der Waals surface area contributed by atoms with Crippen LogP contribution in [0.3, 0.4) is 0 Å². The summed E-state index contributed by atoms with van der Waals surface area (Å²) in [7, 11) is 3.79. The van der Waals surface area contributed by atoms with E-state index in [4.69, 9.17) is 4.74 Å². The number of anilines is 3. The first kappa shape index (κ1) is 20.0. The third-order valence-corrected chi connectivity index (χ3v) is 4.72. The van der Waals surface area contributed by atoms with Crippen LogP contribution in [0, 0.1) is 0 Å². The van der Waals surface area contributed by atoms with E-state index in [2.05, 4.69) is 49.6 Å². The van der Waals surface area contributed by atoms with Gasteiger partial charge in [0, 0.05) is 63.9 Å². The van der Waals surface area contributed by atoms with Gasteiger partial charge in [-0.1, -0.05) is 0 Å². The van der Waals surface area contributed by atoms with E-state index in [1.165, 1.54) is 12.0 Å². The predicted octanol–water partition coefficient (Wildman–Crippen LogP) is 1.74. The Balaban J connectivity index is 1.57. The molecule has 1 saturated heterocycles. The number of hydrogen-bond donors (Lipinski definition) is 2. The van der Waals surface area contributed by atoms with Gasteiger partial charge < -0.3 is 25.2 Å². The average Bonchev–Trinajstić information content (AvgIpc) is 2.72. The van der Waals surface area contributed by atoms with E-state index in [1.54, 1.807) is 13.2 Å². The number of benzene rings is 1. The molecule has 8 heteroatoms. The number of carbonyl (C=O) groups excluding carboxylic acids is 1. The van der Waals surface area contributed by atoms with Gasteiger partial charge in [-0.3, -0.25) is 4.79 Å². The van der Waals surface area contributed by atoms with Gasteiger partial charge in [-0.15, -0.1) is 0 Å². The molecule has 0 saturated carbocycles. The first-order chi connectivity index (χ1) is 13.7. The summed E-state index contributed by atoms with van der Waals surface area (Å²) in [6, 6.07) is 9.93. The molecule has 0 radical (unpaired) electrons. The van der Waals surface area contributed by atoms with Crippen molar-refractivity contribution >= 4 is 23.1 Å². The van der Waals surface area contributed by atoms with E-state index >= 15 is 0 Å². The second kappa shape index (κ2) is 10.0. The van der Waals surface area contributed by atoms with Crippen LogP contribution >= 0.6 is 0 Å². The van der Waals surface area contributed by atoms with Gasteiger partial charge in [0.05, 0.1) is 0 Å². The summed E-state index contributed by atoms with van der Waals surface area (Å²) in [5.74, 6) is 0.372. The predicted molar refractivity (Wildman–Crippen MR) is 110 cm³/mol. The first-order valence-electron chi connectivity index (χ1n) is 9.55. The molecule has 150 valence electrons. The molecule has 0 aliphatic carbocycles. The van der Waals surface area contributed by atoms with Crippen LogP contribution in [0.15, 0.2) is 36.7 Å². The zero-order chi connectivity index (χ0) is 19.8. The second-order valence-corrected chi connectivity index (χ2v) is 6.85. The van der Waals surface area contributed by atoms with Crippen molar-refractivity contribution < 1.29 is 9.53 Å². The number of hydrogen-bond acceptors (Lipinski definition) is 7. The quantitative estimate of drug-likeness (QED) is 0.671. The number of carbonyl (C=O) groups is 1. The van der Waals surface area contributed by atoms with E-state index < -0.39 is 0 Å². The van der Waals surface area contributed by atoms with Crippen molar-refractivity contribution in [2.24, 2.45) is 0 Å². The van der Waals surface area contributed by atoms with Crippen LogP contribution in [0.4, 0.5) is 17.2 Å². The summed E-state index contributed by atoms with van der Waals surface area (Å²) in [6.45, 7) is 5.40. The van der Waals surface area contributed by atoms with Gasteiger partial charge >= 0.3 is 0 Å². The molecule has 8 nitrogen and oxygen atoms in total. The zero-order valence-corrected chi connectivity index (χ0v) is 16.5. The molecule has 1 aliphatic heterocycles. The number of methoxy groups -OCH3 is 1. The van der Waals surface area contributed by atoms with Gasteiger partial charge in [0.25, 0.3) is 5.91 Å². The lowest BCUT2D eigenvalue weighted by Gasteiger charge is -2.34. The van der Waals surface area contributed by atoms with Crippen LogP contribution in [0.5, 0.6) is 0 Å². The van der Waals surface area contributed by atoms with Crippen LogP contribution in [-0.2, 0) is 4.74 Å². The maximum absolute atomic E-state index is 12.2. The average molecular weight is 384 g/mol. The third-order valence-electron chi connectivity index (χ3n) is 4.72. The Bertz CT molecular complexity index is 760. The smallest absolute Gasteiger partial charge is 0.270 e. The number of nitrogens with one attached hydrogen (secondary N) is 2. The summed E-state index contributed by atoms with van der Waals surface area (Å²) in [6.07, 6.45) is 2.16. The molecule has 2 N–H and O–H groups in total. The molecule has 28 heavy (non-hydrogen) atoms. The van der Waals surface area contributed by atoms with Crippen molar-refractivity contribution in [3.63, 3.8) is 0 Å². The molecular weight excluding hydrogens is 356 g/mol. The van der Waals surface area contributed by atoms with E-state index in [-0.39, 0.29) is 5.91 Å². The lowest BCUT2D eigenvalue weighted by Crippen LogP contribution is -2.44. The SMILES string of the molecule is COCCCNC(=O)c1cc(Nc2ccc(N3CCN(C)CC3)cc2)ncn1. The highest BCUT2D eigenvalue weighted by Crippen LogP contribution is 2.21. The number of aromatic nitrogens is 2. The standard InChI is InChI=1S/C20H28N6O2/c1-25-9-11-26(12-10-25)17-6-4-16(5-7-17)24-19-14-18(22-15-23-19)20(27)21-8-3-13-28-2/h4-7,14-15H,3,8-13H2,1-2H3,(H,21,27)(H,22,23,24). The van der Waals surface area contributed by atoms with Crippen LogP contribution in [0.2, 0.25) is 0 Å². The van der Waals surface area contributed by atoms with E-state index in [9.17, 15) is 4.79 Å². The van der Waals surface area contributed by atoms with Crippen molar-refractivity contribution in [1.82, 2.24) is 20.2 Å². The van der Waals surface area contributed by atoms with Crippen LogP contribution in [0.1, 0.15) is 16.9 Å². The molecular formula is C20H28N6O2. The lowest BCUT2D eigenvalue weighted by molar-refractivity contribution is 0.0943. The van der Waals surface area contributed by atoms with Gasteiger partial charge in [0.1, 0.15) is 17.8 Å². The third kappa shape index (κ3) is 5.64. The highest BCUT2D eigenvalue weighted by atomic mass is 16.5. The van der Waals surface area contributed by atoms with Crippen molar-refractivity contribution in [3.8, 4) is 0 Å². The molecule has 0 spiro atoms. The first-order valence-corrected chi connectivity index (χ1v) is 9.55. The number of piperazine rings is 1. The summed E-state index contributed by atoms with van der Waals surface area (Å²) in [5, 5.41) is 6.06. The molecule has 0 bridgehead atoms. The molecule has 2 aromatic rings. The molecule has 1 aromatic carbocycles. The van der Waals surface area contributed by atoms with Crippen molar-refractivity contribution in [2.75, 3.05) is 63.7 Å². The Morgan fingerprint density at radius 3 is 2.61 bits per heavy atom. The number of amides is 1. The number of likely N-dealkylation sites (N-methyl/N-ethyl adjacent to an activating group) is 1. The molecule has 3 rings (SSSR count). The van der Waals surface area contributed by atoms with Crippen LogP contribution < -0.4 is 15.5 Å². The fourth-order valence-corrected chi connectivity index (χ4v) is 3.03. The molecule has 1 fully saturated rings. The Kier molecular flexibility index (Phi) is 7.16. The molecule has 1 amide bonds. The molecule has 1 aromatic heterocycles. The van der Waals surface area contributed by atoms with Gasteiger partial charge in [-0.05, 0) is 37.7 Å². The van der Waals surface area contributed by atoms with Gasteiger partial charge in [0.15, 0.2) is 0 Å². The minimum Gasteiger partial charge on any atom is -0.385 e. The Morgan fingerprint density at radius 1 is 1.14 bits per heavy atom. The zero-order valence-electron chi connectivity index (χ0n) is 16.5. The highest BCUT2D eigenvalue weighted by Gasteiger charge is 2.14. The minimum absolute atomic E-state index is 0.216. The minimum atomic E-state index is -0.216. The summed E-state index contributed by atoms with van der Waals surface area (Å²) in [4.78, 5) is 25.2.